The minimum absolute atomic E-state index is 0.0625. The number of carbonyl (C=O) groups is 1. The molecule has 4 heteroatoms. The Hall–Kier alpha value is -1.42. The lowest BCUT2D eigenvalue weighted by atomic mass is 10.3. The summed E-state index contributed by atoms with van der Waals surface area (Å²) < 4.78 is 0. The highest BCUT2D eigenvalue weighted by atomic mass is 16.2. The van der Waals surface area contributed by atoms with Gasteiger partial charge in [0.05, 0.1) is 6.54 Å². The number of pyridine rings is 1. The first-order chi connectivity index (χ1) is 7.74. The van der Waals surface area contributed by atoms with Crippen LogP contribution in [0.2, 0.25) is 0 Å². The summed E-state index contributed by atoms with van der Waals surface area (Å²) in [6.07, 6.45) is 4.13. The van der Waals surface area contributed by atoms with Gasteiger partial charge in [0, 0.05) is 17.6 Å². The highest BCUT2D eigenvalue weighted by Crippen LogP contribution is 2.09. The van der Waals surface area contributed by atoms with Gasteiger partial charge in [0.25, 0.3) is 0 Å². The topological polar surface area (TPSA) is 45.2 Å². The Morgan fingerprint density at radius 1 is 1.50 bits per heavy atom. The predicted molar refractivity (Wildman–Crippen MR) is 63.3 cm³/mol. The summed E-state index contributed by atoms with van der Waals surface area (Å²) in [5.74, 6) is 0.0625. The van der Waals surface area contributed by atoms with Crippen LogP contribution in [0.25, 0.3) is 0 Å². The van der Waals surface area contributed by atoms with Crippen molar-refractivity contribution in [3.63, 3.8) is 0 Å². The fourth-order valence-electron chi connectivity index (χ4n) is 1.97. The zero-order valence-electron chi connectivity index (χ0n) is 9.57. The maximum absolute atomic E-state index is 11.7. The first kappa shape index (κ1) is 11.1. The van der Waals surface area contributed by atoms with Gasteiger partial charge in [-0.3, -0.25) is 14.7 Å². The van der Waals surface area contributed by atoms with E-state index in [2.05, 4.69) is 15.2 Å². The molecule has 4 nitrogen and oxygen atoms in total. The smallest absolute Gasteiger partial charge is 0.238 e. The molecule has 1 aliphatic heterocycles. The van der Waals surface area contributed by atoms with Crippen molar-refractivity contribution < 1.29 is 4.79 Å². The fraction of sp³-hybridized carbons (Fsp3) is 0.500. The molecule has 1 aromatic heterocycles. The summed E-state index contributed by atoms with van der Waals surface area (Å²) in [5, 5.41) is 2.89. The van der Waals surface area contributed by atoms with Gasteiger partial charge in [-0.25, -0.2) is 0 Å². The fourth-order valence-corrected chi connectivity index (χ4v) is 1.97. The lowest BCUT2D eigenvalue weighted by Gasteiger charge is -2.14. The van der Waals surface area contributed by atoms with Crippen LogP contribution in [-0.4, -0.2) is 35.4 Å². The molecule has 0 atom stereocenters. The van der Waals surface area contributed by atoms with E-state index in [9.17, 15) is 4.79 Å². The van der Waals surface area contributed by atoms with Crippen molar-refractivity contribution in [1.29, 1.82) is 0 Å². The van der Waals surface area contributed by atoms with E-state index in [1.807, 2.05) is 19.1 Å². The third-order valence-electron chi connectivity index (χ3n) is 2.75. The Kier molecular flexibility index (Phi) is 3.51. The van der Waals surface area contributed by atoms with E-state index in [0.717, 1.165) is 24.5 Å². The molecule has 1 aliphatic rings. The third-order valence-corrected chi connectivity index (χ3v) is 2.75. The number of likely N-dealkylation sites (tertiary alicyclic amines) is 1. The number of nitrogens with zero attached hydrogens (tertiary/aromatic N) is 2. The quantitative estimate of drug-likeness (QED) is 0.836. The minimum Gasteiger partial charge on any atom is -0.325 e. The molecule has 0 bridgehead atoms. The van der Waals surface area contributed by atoms with E-state index in [-0.39, 0.29) is 5.91 Å². The van der Waals surface area contributed by atoms with Crippen molar-refractivity contribution >= 4 is 11.6 Å². The SMILES string of the molecule is Cc1cc(NC(=O)CN2CCCC2)ccn1. The van der Waals surface area contributed by atoms with Gasteiger partial charge in [-0.1, -0.05) is 0 Å². The van der Waals surface area contributed by atoms with E-state index >= 15 is 0 Å². The molecule has 0 aromatic carbocycles. The maximum Gasteiger partial charge on any atom is 0.238 e. The minimum atomic E-state index is 0.0625. The number of nitrogens with one attached hydrogen (secondary N) is 1. The molecule has 2 rings (SSSR count). The van der Waals surface area contributed by atoms with Gasteiger partial charge in [-0.2, -0.15) is 0 Å². The molecule has 1 aromatic rings. The second kappa shape index (κ2) is 5.07. The number of anilines is 1. The molecule has 1 N–H and O–H groups in total. The highest BCUT2D eigenvalue weighted by molar-refractivity contribution is 5.92. The van der Waals surface area contributed by atoms with E-state index in [1.54, 1.807) is 6.20 Å². The molecule has 0 unspecified atom stereocenters. The molecule has 0 radical (unpaired) electrons. The van der Waals surface area contributed by atoms with Crippen molar-refractivity contribution in [2.45, 2.75) is 19.8 Å². The molecule has 0 saturated carbocycles. The number of rotatable bonds is 3. The molecular formula is C12H17N3O. The van der Waals surface area contributed by atoms with Crippen molar-refractivity contribution in [1.82, 2.24) is 9.88 Å². The van der Waals surface area contributed by atoms with E-state index < -0.39 is 0 Å². The van der Waals surface area contributed by atoms with Crippen LogP contribution >= 0.6 is 0 Å². The molecule has 1 saturated heterocycles. The number of carbonyl (C=O) groups excluding carboxylic acids is 1. The summed E-state index contributed by atoms with van der Waals surface area (Å²) in [5.41, 5.74) is 1.75. The van der Waals surface area contributed by atoms with Crippen LogP contribution in [0.15, 0.2) is 18.3 Å². The lowest BCUT2D eigenvalue weighted by molar-refractivity contribution is -0.117. The lowest BCUT2D eigenvalue weighted by Crippen LogP contribution is -2.30. The van der Waals surface area contributed by atoms with Gasteiger partial charge in [-0.05, 0) is 45.0 Å². The number of aryl methyl sites for hydroxylation is 1. The third kappa shape index (κ3) is 3.03. The second-order valence-corrected chi connectivity index (χ2v) is 4.22. The predicted octanol–water partition coefficient (Wildman–Crippen LogP) is 1.42. The largest absolute Gasteiger partial charge is 0.325 e. The van der Waals surface area contributed by atoms with Gasteiger partial charge < -0.3 is 5.32 Å². The molecule has 1 fully saturated rings. The Morgan fingerprint density at radius 2 is 2.25 bits per heavy atom. The summed E-state index contributed by atoms with van der Waals surface area (Å²) in [7, 11) is 0. The highest BCUT2D eigenvalue weighted by Gasteiger charge is 2.14. The van der Waals surface area contributed by atoms with Gasteiger partial charge in [0.15, 0.2) is 0 Å². The van der Waals surface area contributed by atoms with E-state index in [1.165, 1.54) is 12.8 Å². The first-order valence-electron chi connectivity index (χ1n) is 5.69. The maximum atomic E-state index is 11.7. The molecule has 16 heavy (non-hydrogen) atoms. The Labute approximate surface area is 95.7 Å². The van der Waals surface area contributed by atoms with E-state index in [0.29, 0.717) is 6.54 Å². The van der Waals surface area contributed by atoms with Crippen molar-refractivity contribution in [2.24, 2.45) is 0 Å². The molecule has 2 heterocycles. The summed E-state index contributed by atoms with van der Waals surface area (Å²) in [6.45, 7) is 4.50. The van der Waals surface area contributed by atoms with Crippen LogP contribution in [0.5, 0.6) is 0 Å². The number of amides is 1. The standard InChI is InChI=1S/C12H17N3O/c1-10-8-11(4-5-13-10)14-12(16)9-15-6-2-3-7-15/h4-5,8H,2-3,6-7,9H2,1H3,(H,13,14,16). The van der Waals surface area contributed by atoms with Crippen LogP contribution in [-0.2, 0) is 4.79 Å². The molecule has 0 aliphatic carbocycles. The number of aromatic nitrogens is 1. The normalized spacial score (nSPS) is 16.3. The molecule has 0 spiro atoms. The van der Waals surface area contributed by atoms with Crippen molar-refractivity contribution in [2.75, 3.05) is 25.0 Å². The number of hydrogen-bond donors (Lipinski definition) is 1. The average molecular weight is 219 g/mol. The molecule has 86 valence electrons. The van der Waals surface area contributed by atoms with Gasteiger partial charge in [-0.15, -0.1) is 0 Å². The second-order valence-electron chi connectivity index (χ2n) is 4.22. The van der Waals surface area contributed by atoms with E-state index in [4.69, 9.17) is 0 Å². The zero-order valence-corrected chi connectivity index (χ0v) is 9.57. The average Bonchev–Trinajstić information content (AvgIpc) is 2.70. The molecule has 1 amide bonds. The van der Waals surface area contributed by atoms with Crippen LogP contribution < -0.4 is 5.32 Å². The van der Waals surface area contributed by atoms with Gasteiger partial charge in [0.1, 0.15) is 0 Å². The van der Waals surface area contributed by atoms with Crippen LogP contribution in [0.4, 0.5) is 5.69 Å². The Bertz CT molecular complexity index is 372. The Morgan fingerprint density at radius 3 is 2.94 bits per heavy atom. The summed E-state index contributed by atoms with van der Waals surface area (Å²) in [4.78, 5) is 18.0. The van der Waals surface area contributed by atoms with Crippen molar-refractivity contribution in [3.05, 3.63) is 24.0 Å². The van der Waals surface area contributed by atoms with Crippen molar-refractivity contribution in [3.8, 4) is 0 Å². The monoisotopic (exact) mass is 219 g/mol. The van der Waals surface area contributed by atoms with Gasteiger partial charge >= 0.3 is 0 Å². The summed E-state index contributed by atoms with van der Waals surface area (Å²) >= 11 is 0. The van der Waals surface area contributed by atoms with Crippen LogP contribution in [0, 0.1) is 6.92 Å². The number of hydrogen-bond acceptors (Lipinski definition) is 3. The van der Waals surface area contributed by atoms with Crippen LogP contribution in [0.3, 0.4) is 0 Å². The molecular weight excluding hydrogens is 202 g/mol. The van der Waals surface area contributed by atoms with Gasteiger partial charge in [0.2, 0.25) is 5.91 Å². The Balaban J connectivity index is 1.86. The zero-order chi connectivity index (χ0) is 11.4. The summed E-state index contributed by atoms with van der Waals surface area (Å²) in [6, 6.07) is 3.69. The first-order valence-corrected chi connectivity index (χ1v) is 5.69. The van der Waals surface area contributed by atoms with Crippen LogP contribution in [0.1, 0.15) is 18.5 Å².